The van der Waals surface area contributed by atoms with E-state index in [9.17, 15) is 4.79 Å². The minimum Gasteiger partial charge on any atom is -0.365 e. The number of anilines is 1. The topological polar surface area (TPSA) is 26.8 Å². The van der Waals surface area contributed by atoms with Crippen LogP contribution in [0.15, 0.2) is 47.8 Å². The maximum atomic E-state index is 12.5. The van der Waals surface area contributed by atoms with Crippen LogP contribution in [0.3, 0.4) is 0 Å². The fraction of sp³-hybridized carbons (Fsp3) is 0.389. The van der Waals surface area contributed by atoms with Gasteiger partial charge in [-0.15, -0.1) is 11.3 Å². The van der Waals surface area contributed by atoms with Gasteiger partial charge in [-0.2, -0.15) is 0 Å². The molecule has 2 aromatic rings. The number of para-hydroxylation sites is 1. The number of nitrogens with zero attached hydrogens (tertiary/aromatic N) is 3. The fourth-order valence-corrected chi connectivity index (χ4v) is 3.60. The summed E-state index contributed by atoms with van der Waals surface area (Å²) in [5.41, 5.74) is 1.08. The average molecular weight is 329 g/mol. The van der Waals surface area contributed by atoms with Gasteiger partial charge in [0.1, 0.15) is 0 Å². The quantitative estimate of drug-likeness (QED) is 0.843. The van der Waals surface area contributed by atoms with Crippen molar-refractivity contribution < 1.29 is 4.79 Å². The molecule has 5 heteroatoms. The number of hydrogen-bond donors (Lipinski definition) is 0. The van der Waals surface area contributed by atoms with Gasteiger partial charge in [0.25, 0.3) is 0 Å². The molecular weight excluding hydrogens is 306 g/mol. The summed E-state index contributed by atoms with van der Waals surface area (Å²) in [4.78, 5) is 20.3. The van der Waals surface area contributed by atoms with Crippen molar-refractivity contribution >= 4 is 22.9 Å². The molecule has 1 saturated heterocycles. The molecule has 0 atom stereocenters. The van der Waals surface area contributed by atoms with Gasteiger partial charge in [0.2, 0.25) is 5.91 Å². The van der Waals surface area contributed by atoms with Crippen molar-refractivity contribution in [1.29, 1.82) is 0 Å². The van der Waals surface area contributed by atoms with Crippen LogP contribution in [0, 0.1) is 0 Å². The Kier molecular flexibility index (Phi) is 5.31. The molecule has 1 aromatic carbocycles. The number of hydrogen-bond acceptors (Lipinski definition) is 4. The third kappa shape index (κ3) is 4.33. The largest absolute Gasteiger partial charge is 0.365 e. The zero-order chi connectivity index (χ0) is 16.1. The van der Waals surface area contributed by atoms with Crippen LogP contribution in [0.5, 0.6) is 0 Å². The Morgan fingerprint density at radius 2 is 1.83 bits per heavy atom. The molecule has 0 saturated carbocycles. The Labute approximate surface area is 141 Å². The van der Waals surface area contributed by atoms with Gasteiger partial charge >= 0.3 is 0 Å². The highest BCUT2D eigenvalue weighted by atomic mass is 32.1. The minimum atomic E-state index is 0.215. The molecular formula is C18H23N3OS. The van der Waals surface area contributed by atoms with Gasteiger partial charge in [-0.1, -0.05) is 24.3 Å². The highest BCUT2D eigenvalue weighted by Crippen LogP contribution is 2.14. The number of carbonyl (C=O) groups is 1. The second kappa shape index (κ2) is 7.62. The molecule has 3 rings (SSSR count). The summed E-state index contributed by atoms with van der Waals surface area (Å²) in [6.07, 6.45) is 0. The van der Waals surface area contributed by atoms with Crippen molar-refractivity contribution in [3.05, 3.63) is 52.7 Å². The summed E-state index contributed by atoms with van der Waals surface area (Å²) >= 11 is 1.80. The van der Waals surface area contributed by atoms with Crippen molar-refractivity contribution in [2.45, 2.75) is 6.54 Å². The maximum absolute atomic E-state index is 12.5. The first-order valence-electron chi connectivity index (χ1n) is 8.01. The molecule has 0 aliphatic carbocycles. The molecule has 0 radical (unpaired) electrons. The number of amides is 1. The molecule has 23 heavy (non-hydrogen) atoms. The van der Waals surface area contributed by atoms with Crippen LogP contribution in [-0.4, -0.2) is 55.5 Å². The molecule has 0 bridgehead atoms. The van der Waals surface area contributed by atoms with Crippen LogP contribution < -0.4 is 4.90 Å². The summed E-state index contributed by atoms with van der Waals surface area (Å²) in [5, 5.41) is 2.12. The Hall–Kier alpha value is -1.85. The van der Waals surface area contributed by atoms with E-state index in [1.807, 2.05) is 47.2 Å². The molecule has 2 heterocycles. The molecule has 1 aliphatic heterocycles. The van der Waals surface area contributed by atoms with E-state index in [2.05, 4.69) is 22.4 Å². The van der Waals surface area contributed by atoms with E-state index in [1.54, 1.807) is 11.3 Å². The third-order valence-corrected chi connectivity index (χ3v) is 5.12. The number of rotatable bonds is 5. The van der Waals surface area contributed by atoms with Gasteiger partial charge in [0, 0.05) is 50.3 Å². The second-order valence-electron chi connectivity index (χ2n) is 5.93. The minimum absolute atomic E-state index is 0.215. The third-order valence-electron chi connectivity index (χ3n) is 4.25. The van der Waals surface area contributed by atoms with Crippen molar-refractivity contribution in [1.82, 2.24) is 9.80 Å². The average Bonchev–Trinajstić information content (AvgIpc) is 3.09. The van der Waals surface area contributed by atoms with Crippen LogP contribution in [0.1, 0.15) is 4.88 Å². The van der Waals surface area contributed by atoms with E-state index < -0.39 is 0 Å². The number of carbonyl (C=O) groups excluding carboxylic acids is 1. The molecule has 1 aliphatic rings. The van der Waals surface area contributed by atoms with Gasteiger partial charge in [-0.05, 0) is 23.6 Å². The van der Waals surface area contributed by atoms with Gasteiger partial charge in [0.05, 0.1) is 6.54 Å². The second-order valence-corrected chi connectivity index (χ2v) is 6.96. The highest BCUT2D eigenvalue weighted by Gasteiger charge is 2.22. The smallest absolute Gasteiger partial charge is 0.242 e. The van der Waals surface area contributed by atoms with E-state index in [0.29, 0.717) is 6.54 Å². The lowest BCUT2D eigenvalue weighted by Gasteiger charge is -2.35. The van der Waals surface area contributed by atoms with Gasteiger partial charge in [-0.3, -0.25) is 9.69 Å². The van der Waals surface area contributed by atoms with Crippen LogP contribution >= 0.6 is 11.3 Å². The molecule has 0 spiro atoms. The molecule has 0 N–H and O–H groups in total. The van der Waals surface area contributed by atoms with E-state index in [4.69, 9.17) is 0 Å². The Morgan fingerprint density at radius 3 is 2.48 bits per heavy atom. The Bertz CT molecular complexity index is 606. The highest BCUT2D eigenvalue weighted by molar-refractivity contribution is 7.09. The SMILES string of the molecule is CN(CC(=O)N1CCN(Cc2cccs2)CC1)c1ccccc1. The van der Waals surface area contributed by atoms with E-state index >= 15 is 0 Å². The summed E-state index contributed by atoms with van der Waals surface area (Å²) in [7, 11) is 1.97. The normalized spacial score (nSPS) is 15.6. The lowest BCUT2D eigenvalue weighted by molar-refractivity contribution is -0.131. The van der Waals surface area contributed by atoms with Gasteiger partial charge < -0.3 is 9.80 Å². The predicted octanol–water partition coefficient (Wildman–Crippen LogP) is 2.53. The van der Waals surface area contributed by atoms with Crippen molar-refractivity contribution in [2.75, 3.05) is 44.7 Å². The predicted molar refractivity (Wildman–Crippen MR) is 95.9 cm³/mol. The van der Waals surface area contributed by atoms with Crippen LogP contribution in [0.4, 0.5) is 5.69 Å². The Morgan fingerprint density at radius 1 is 1.09 bits per heavy atom. The fourth-order valence-electron chi connectivity index (χ4n) is 2.85. The molecule has 1 fully saturated rings. The number of likely N-dealkylation sites (N-methyl/N-ethyl adjacent to an activating group) is 1. The standard InChI is InChI=1S/C18H23N3OS/c1-19(16-6-3-2-4-7-16)15-18(22)21-11-9-20(10-12-21)14-17-8-5-13-23-17/h2-8,13H,9-12,14-15H2,1H3. The first-order valence-corrected chi connectivity index (χ1v) is 8.89. The zero-order valence-corrected chi connectivity index (χ0v) is 14.3. The first-order chi connectivity index (χ1) is 11.2. The van der Waals surface area contributed by atoms with E-state index in [0.717, 1.165) is 38.4 Å². The molecule has 0 unspecified atom stereocenters. The zero-order valence-electron chi connectivity index (χ0n) is 13.5. The van der Waals surface area contributed by atoms with Crippen molar-refractivity contribution in [3.63, 3.8) is 0 Å². The van der Waals surface area contributed by atoms with Crippen molar-refractivity contribution in [3.8, 4) is 0 Å². The van der Waals surface area contributed by atoms with Crippen LogP contribution in [-0.2, 0) is 11.3 Å². The van der Waals surface area contributed by atoms with E-state index in [1.165, 1.54) is 4.88 Å². The molecule has 122 valence electrons. The molecule has 4 nitrogen and oxygen atoms in total. The van der Waals surface area contributed by atoms with Gasteiger partial charge in [-0.25, -0.2) is 0 Å². The molecule has 1 aromatic heterocycles. The number of thiophene rings is 1. The molecule has 1 amide bonds. The van der Waals surface area contributed by atoms with E-state index in [-0.39, 0.29) is 5.91 Å². The lowest BCUT2D eigenvalue weighted by atomic mass is 10.2. The van der Waals surface area contributed by atoms with Crippen molar-refractivity contribution in [2.24, 2.45) is 0 Å². The monoisotopic (exact) mass is 329 g/mol. The summed E-state index contributed by atoms with van der Waals surface area (Å²) in [6, 6.07) is 14.3. The van der Waals surface area contributed by atoms with Crippen LogP contribution in [0.2, 0.25) is 0 Å². The summed E-state index contributed by atoms with van der Waals surface area (Å²) in [5.74, 6) is 0.215. The number of benzene rings is 1. The maximum Gasteiger partial charge on any atom is 0.242 e. The Balaban J connectivity index is 1.46. The van der Waals surface area contributed by atoms with Crippen LogP contribution in [0.25, 0.3) is 0 Å². The summed E-state index contributed by atoms with van der Waals surface area (Å²) < 4.78 is 0. The summed E-state index contributed by atoms with van der Waals surface area (Å²) in [6.45, 7) is 5.01. The lowest BCUT2D eigenvalue weighted by Crippen LogP contribution is -2.50. The first kappa shape index (κ1) is 16.0. The van der Waals surface area contributed by atoms with Gasteiger partial charge in [0.15, 0.2) is 0 Å². The number of piperazine rings is 1.